The maximum absolute atomic E-state index is 8.88. The summed E-state index contributed by atoms with van der Waals surface area (Å²) in [6, 6.07) is 8.79. The fourth-order valence-electron chi connectivity index (χ4n) is 1.52. The summed E-state index contributed by atoms with van der Waals surface area (Å²) < 4.78 is 0. The molecule has 0 bridgehead atoms. The van der Waals surface area contributed by atoms with Crippen molar-refractivity contribution in [2.75, 3.05) is 30.4 Å². The van der Waals surface area contributed by atoms with Crippen molar-refractivity contribution in [1.29, 1.82) is 0 Å². The topological polar surface area (TPSA) is 35.5 Å². The van der Waals surface area contributed by atoms with Gasteiger partial charge < -0.3 is 15.3 Å². The van der Waals surface area contributed by atoms with Crippen molar-refractivity contribution in [3.63, 3.8) is 0 Å². The number of benzene rings is 1. The normalized spacial score (nSPS) is 12.6. The van der Waals surface area contributed by atoms with Gasteiger partial charge in [-0.3, -0.25) is 0 Å². The van der Waals surface area contributed by atoms with Crippen molar-refractivity contribution in [1.82, 2.24) is 0 Å². The van der Waals surface area contributed by atoms with Gasteiger partial charge in [0, 0.05) is 31.0 Å². The smallest absolute Gasteiger partial charge is 0.0606 e. The van der Waals surface area contributed by atoms with E-state index >= 15 is 0 Å². The average Bonchev–Trinajstić information content (AvgIpc) is 2.30. The maximum Gasteiger partial charge on any atom is 0.0606 e. The summed E-state index contributed by atoms with van der Waals surface area (Å²) in [6.07, 6.45) is 0. The van der Waals surface area contributed by atoms with E-state index in [1.54, 1.807) is 0 Å². The average molecular weight is 236 g/mol. The number of aliphatic hydroxyl groups is 1. The molecule has 96 valence electrons. The molecular weight excluding hydrogens is 212 g/mol. The highest BCUT2D eigenvalue weighted by molar-refractivity contribution is 5.55. The molecule has 0 saturated carbocycles. The zero-order valence-electron chi connectivity index (χ0n) is 11.3. The third kappa shape index (κ3) is 4.27. The van der Waals surface area contributed by atoms with Gasteiger partial charge in [0.05, 0.1) is 6.61 Å². The number of nitrogens with one attached hydrogen (secondary N) is 1. The molecule has 1 aromatic carbocycles. The van der Waals surface area contributed by atoms with Crippen LogP contribution in [0.4, 0.5) is 11.4 Å². The summed E-state index contributed by atoms with van der Waals surface area (Å²) in [5.41, 5.74) is 2.27. The van der Waals surface area contributed by atoms with E-state index in [9.17, 15) is 0 Å². The Bertz CT molecular complexity index is 321. The molecule has 1 unspecified atom stereocenters. The molecule has 0 saturated heterocycles. The molecule has 0 fully saturated rings. The van der Waals surface area contributed by atoms with Gasteiger partial charge in [-0.2, -0.15) is 0 Å². The molecule has 0 aliphatic rings. The molecular formula is C14H24N2O. The molecule has 0 aromatic heterocycles. The van der Waals surface area contributed by atoms with Gasteiger partial charge in [-0.25, -0.2) is 0 Å². The van der Waals surface area contributed by atoms with E-state index in [0.717, 1.165) is 11.4 Å². The number of rotatable bonds is 6. The van der Waals surface area contributed by atoms with Gasteiger partial charge >= 0.3 is 0 Å². The van der Waals surface area contributed by atoms with Crippen LogP contribution in [0.5, 0.6) is 0 Å². The number of nitrogens with zero attached hydrogens (tertiary/aromatic N) is 1. The molecule has 0 heterocycles. The fraction of sp³-hybridized carbons (Fsp3) is 0.571. The van der Waals surface area contributed by atoms with Gasteiger partial charge in [0.15, 0.2) is 0 Å². The van der Waals surface area contributed by atoms with Crippen LogP contribution in [0.15, 0.2) is 24.3 Å². The lowest BCUT2D eigenvalue weighted by atomic mass is 10.1. The highest BCUT2D eigenvalue weighted by atomic mass is 16.3. The Hall–Kier alpha value is -1.22. The molecule has 1 rings (SSSR count). The molecule has 0 aliphatic heterocycles. The second-order valence-electron chi connectivity index (χ2n) is 4.87. The van der Waals surface area contributed by atoms with Crippen LogP contribution >= 0.6 is 0 Å². The van der Waals surface area contributed by atoms with E-state index < -0.39 is 0 Å². The molecule has 2 N–H and O–H groups in total. The van der Waals surface area contributed by atoms with Crippen LogP contribution in [-0.2, 0) is 0 Å². The van der Waals surface area contributed by atoms with Crippen molar-refractivity contribution in [2.24, 2.45) is 5.92 Å². The molecule has 0 radical (unpaired) electrons. The van der Waals surface area contributed by atoms with E-state index in [1.807, 2.05) is 11.9 Å². The minimum Gasteiger partial charge on any atom is -0.395 e. The van der Waals surface area contributed by atoms with Crippen molar-refractivity contribution < 1.29 is 5.11 Å². The van der Waals surface area contributed by atoms with Crippen molar-refractivity contribution in [3.8, 4) is 0 Å². The first-order valence-corrected chi connectivity index (χ1v) is 6.23. The number of hydrogen-bond acceptors (Lipinski definition) is 3. The van der Waals surface area contributed by atoms with E-state index in [4.69, 9.17) is 5.11 Å². The van der Waals surface area contributed by atoms with Crippen LogP contribution in [0.2, 0.25) is 0 Å². The highest BCUT2D eigenvalue weighted by Crippen LogP contribution is 2.18. The molecule has 3 heteroatoms. The lowest BCUT2D eigenvalue weighted by Gasteiger charge is -2.21. The molecule has 0 amide bonds. The molecule has 1 aromatic rings. The quantitative estimate of drug-likeness (QED) is 0.797. The summed E-state index contributed by atoms with van der Waals surface area (Å²) in [5.74, 6) is 0.617. The summed E-state index contributed by atoms with van der Waals surface area (Å²) in [7, 11) is 1.98. The Morgan fingerprint density at radius 1 is 1.18 bits per heavy atom. The molecule has 17 heavy (non-hydrogen) atoms. The fourth-order valence-corrected chi connectivity index (χ4v) is 1.52. The number of aliphatic hydroxyl groups excluding tert-OH is 1. The van der Waals surface area contributed by atoms with Crippen LogP contribution in [0.3, 0.4) is 0 Å². The predicted molar refractivity (Wildman–Crippen MR) is 74.7 cm³/mol. The first kappa shape index (κ1) is 13.8. The zero-order valence-corrected chi connectivity index (χ0v) is 11.3. The molecule has 3 nitrogen and oxygen atoms in total. The van der Waals surface area contributed by atoms with Gasteiger partial charge in [0.25, 0.3) is 0 Å². The van der Waals surface area contributed by atoms with Gasteiger partial charge in [0.2, 0.25) is 0 Å². The first-order chi connectivity index (χ1) is 8.04. The number of anilines is 2. The number of likely N-dealkylation sites (N-methyl/N-ethyl adjacent to an activating group) is 1. The van der Waals surface area contributed by atoms with Crippen molar-refractivity contribution >= 4 is 11.4 Å². The Labute approximate surface area is 104 Å². The van der Waals surface area contributed by atoms with Crippen molar-refractivity contribution in [3.05, 3.63) is 24.3 Å². The minimum atomic E-state index is 0.181. The minimum absolute atomic E-state index is 0.181. The van der Waals surface area contributed by atoms with Crippen LogP contribution in [-0.4, -0.2) is 31.3 Å². The predicted octanol–water partition coefficient (Wildman–Crippen LogP) is 2.57. The molecule has 0 aliphatic carbocycles. The van der Waals surface area contributed by atoms with E-state index in [0.29, 0.717) is 18.5 Å². The van der Waals surface area contributed by atoms with Crippen molar-refractivity contribution in [2.45, 2.75) is 26.8 Å². The summed E-state index contributed by atoms with van der Waals surface area (Å²) in [5, 5.41) is 12.4. The van der Waals surface area contributed by atoms with Gasteiger partial charge in [-0.1, -0.05) is 13.8 Å². The lowest BCUT2D eigenvalue weighted by Crippen LogP contribution is -2.22. The van der Waals surface area contributed by atoms with Crippen LogP contribution in [0, 0.1) is 5.92 Å². The largest absolute Gasteiger partial charge is 0.395 e. The van der Waals surface area contributed by atoms with E-state index in [-0.39, 0.29) is 6.61 Å². The van der Waals surface area contributed by atoms with E-state index in [1.165, 1.54) is 0 Å². The van der Waals surface area contributed by atoms with Crippen LogP contribution in [0.1, 0.15) is 20.8 Å². The molecule has 0 spiro atoms. The second-order valence-corrected chi connectivity index (χ2v) is 4.87. The Morgan fingerprint density at radius 2 is 1.76 bits per heavy atom. The van der Waals surface area contributed by atoms with Gasteiger partial charge in [0.1, 0.15) is 0 Å². The lowest BCUT2D eigenvalue weighted by molar-refractivity contribution is 0.304. The summed E-state index contributed by atoms with van der Waals surface area (Å²) >= 11 is 0. The summed E-state index contributed by atoms with van der Waals surface area (Å²) in [6.45, 7) is 7.45. The third-order valence-electron chi connectivity index (χ3n) is 3.14. The SMILES string of the molecule is CC(C)C(C)Nc1ccc(N(C)CCO)cc1. The number of hydrogen-bond donors (Lipinski definition) is 2. The molecule has 1 atom stereocenters. The standard InChI is InChI=1S/C14H24N2O/c1-11(2)12(3)15-13-5-7-14(8-6-13)16(4)9-10-17/h5-8,11-12,15,17H,9-10H2,1-4H3. The first-order valence-electron chi connectivity index (χ1n) is 6.23. The Kier molecular flexibility index (Phi) is 5.29. The Morgan fingerprint density at radius 3 is 2.24 bits per heavy atom. The Balaban J connectivity index is 2.61. The highest BCUT2D eigenvalue weighted by Gasteiger charge is 2.06. The summed E-state index contributed by atoms with van der Waals surface area (Å²) in [4.78, 5) is 2.04. The van der Waals surface area contributed by atoms with Gasteiger partial charge in [-0.15, -0.1) is 0 Å². The zero-order chi connectivity index (χ0) is 12.8. The monoisotopic (exact) mass is 236 g/mol. The second kappa shape index (κ2) is 6.50. The van der Waals surface area contributed by atoms with Crippen LogP contribution < -0.4 is 10.2 Å². The van der Waals surface area contributed by atoms with Crippen LogP contribution in [0.25, 0.3) is 0 Å². The third-order valence-corrected chi connectivity index (χ3v) is 3.14. The van der Waals surface area contributed by atoms with Gasteiger partial charge in [-0.05, 0) is 37.1 Å². The van der Waals surface area contributed by atoms with E-state index in [2.05, 4.69) is 50.4 Å². The maximum atomic E-state index is 8.88.